The predicted molar refractivity (Wildman–Crippen MR) is 128 cm³/mol. The first-order valence-electron chi connectivity index (χ1n) is 10.7. The third-order valence-electron chi connectivity index (χ3n) is 5.95. The van der Waals surface area contributed by atoms with Crippen LogP contribution in [0.25, 0.3) is 11.3 Å². The minimum Gasteiger partial charge on any atom is -0.392 e. The van der Waals surface area contributed by atoms with Crippen molar-refractivity contribution in [3.8, 4) is 11.3 Å². The lowest BCUT2D eigenvalue weighted by Crippen LogP contribution is -2.36. The predicted octanol–water partition coefficient (Wildman–Crippen LogP) is 5.88. The molecule has 5 aromatic rings. The topological polar surface area (TPSA) is 38.0 Å². The smallest absolute Gasteiger partial charge is 0.121 e. The van der Waals surface area contributed by atoms with Gasteiger partial charge in [0.2, 0.25) is 0 Å². The van der Waals surface area contributed by atoms with Gasteiger partial charge in [0.15, 0.2) is 0 Å². The summed E-state index contributed by atoms with van der Waals surface area (Å²) in [5.74, 6) is 0. The Hall–Kier alpha value is -3.95. The van der Waals surface area contributed by atoms with Gasteiger partial charge in [0.1, 0.15) is 5.54 Å². The number of hydrogen-bond acceptors (Lipinski definition) is 2. The van der Waals surface area contributed by atoms with E-state index in [1.165, 1.54) is 0 Å². The average Bonchev–Trinajstić information content (AvgIpc) is 3.37. The van der Waals surface area contributed by atoms with Crippen molar-refractivity contribution in [2.75, 3.05) is 0 Å². The monoisotopic (exact) mass is 416 g/mol. The molecule has 0 saturated heterocycles. The number of aliphatic hydroxyl groups excluding tert-OH is 1. The maximum atomic E-state index is 9.56. The fourth-order valence-corrected chi connectivity index (χ4v) is 4.47. The summed E-state index contributed by atoms with van der Waals surface area (Å²) in [7, 11) is 0. The fraction of sp³-hybridized carbons (Fsp3) is 0.0690. The highest BCUT2D eigenvalue weighted by molar-refractivity contribution is 5.60. The largest absolute Gasteiger partial charge is 0.392 e. The lowest BCUT2D eigenvalue weighted by atomic mass is 9.77. The third kappa shape index (κ3) is 3.43. The Kier molecular flexibility index (Phi) is 5.40. The summed E-state index contributed by atoms with van der Waals surface area (Å²) < 4.78 is 2.20. The number of aromatic nitrogens is 2. The molecule has 156 valence electrons. The molecule has 5 rings (SSSR count). The molecule has 0 aliphatic heterocycles. The lowest BCUT2D eigenvalue weighted by Gasteiger charge is -2.37. The summed E-state index contributed by atoms with van der Waals surface area (Å²) in [6, 6.07) is 39.6. The molecule has 0 spiro atoms. The zero-order chi connectivity index (χ0) is 21.8. The Labute approximate surface area is 188 Å². The molecule has 3 nitrogen and oxygen atoms in total. The summed E-state index contributed by atoms with van der Waals surface area (Å²) in [6.45, 7) is 0.0104. The zero-order valence-electron chi connectivity index (χ0n) is 17.7. The van der Waals surface area contributed by atoms with Crippen molar-refractivity contribution < 1.29 is 5.11 Å². The fourth-order valence-electron chi connectivity index (χ4n) is 4.47. The Morgan fingerprint density at radius 3 is 1.69 bits per heavy atom. The summed E-state index contributed by atoms with van der Waals surface area (Å²) in [5.41, 5.74) is 5.62. The molecular formula is C29H24N2O. The van der Waals surface area contributed by atoms with E-state index in [9.17, 15) is 5.11 Å². The minimum absolute atomic E-state index is 0.0104. The molecule has 0 unspecified atom stereocenters. The molecule has 0 aliphatic rings. The number of nitrogens with zero attached hydrogens (tertiary/aromatic N) is 2. The summed E-state index contributed by atoms with van der Waals surface area (Å²) in [4.78, 5) is 4.79. The highest BCUT2D eigenvalue weighted by Gasteiger charge is 2.38. The molecule has 32 heavy (non-hydrogen) atoms. The second kappa shape index (κ2) is 8.66. The van der Waals surface area contributed by atoms with Crippen LogP contribution in [0, 0.1) is 0 Å². The van der Waals surface area contributed by atoms with Gasteiger partial charge in [-0.15, -0.1) is 0 Å². The van der Waals surface area contributed by atoms with Crippen LogP contribution in [0.3, 0.4) is 0 Å². The van der Waals surface area contributed by atoms with Crippen molar-refractivity contribution in [2.45, 2.75) is 12.1 Å². The van der Waals surface area contributed by atoms with Gasteiger partial charge >= 0.3 is 0 Å². The Morgan fingerprint density at radius 1 is 0.656 bits per heavy atom. The van der Waals surface area contributed by atoms with Gasteiger partial charge in [0, 0.05) is 11.8 Å². The highest BCUT2D eigenvalue weighted by Crippen LogP contribution is 2.41. The molecule has 4 aromatic carbocycles. The van der Waals surface area contributed by atoms with Crippen molar-refractivity contribution in [3.63, 3.8) is 0 Å². The third-order valence-corrected chi connectivity index (χ3v) is 5.95. The van der Waals surface area contributed by atoms with Crippen molar-refractivity contribution in [1.29, 1.82) is 0 Å². The van der Waals surface area contributed by atoms with Gasteiger partial charge in [0.05, 0.1) is 18.6 Å². The molecule has 0 saturated carbocycles. The van der Waals surface area contributed by atoms with Gasteiger partial charge in [-0.05, 0) is 28.3 Å². The first kappa shape index (κ1) is 20.0. The van der Waals surface area contributed by atoms with E-state index < -0.39 is 5.54 Å². The number of benzene rings is 4. The van der Waals surface area contributed by atoms with Gasteiger partial charge in [-0.2, -0.15) is 0 Å². The van der Waals surface area contributed by atoms with Crippen LogP contribution in [0.5, 0.6) is 0 Å². The summed E-state index contributed by atoms with van der Waals surface area (Å²) in [6.07, 6.45) is 4.01. The van der Waals surface area contributed by atoms with Crippen LogP contribution >= 0.6 is 0 Å². The van der Waals surface area contributed by atoms with Gasteiger partial charge in [-0.25, -0.2) is 4.98 Å². The molecule has 1 heterocycles. The molecule has 3 heteroatoms. The minimum atomic E-state index is -0.580. The standard InChI is InChI=1S/C29H24N2O/c32-21-23-11-10-12-24(19-23)28-20-31(22-30-28)29(25-13-4-1-5-14-25,26-15-6-2-7-16-26)27-17-8-3-9-18-27/h1-20,22,32H,21H2. The molecular weight excluding hydrogens is 392 g/mol. The van der Waals surface area contributed by atoms with E-state index in [4.69, 9.17) is 4.98 Å². The van der Waals surface area contributed by atoms with Crippen LogP contribution in [0.4, 0.5) is 0 Å². The summed E-state index contributed by atoms with van der Waals surface area (Å²) >= 11 is 0. The maximum absolute atomic E-state index is 9.56. The van der Waals surface area contributed by atoms with Crippen molar-refractivity contribution in [3.05, 3.63) is 150 Å². The van der Waals surface area contributed by atoms with Crippen molar-refractivity contribution in [1.82, 2.24) is 9.55 Å². The van der Waals surface area contributed by atoms with Crippen LogP contribution in [0.15, 0.2) is 128 Å². The van der Waals surface area contributed by atoms with Crippen LogP contribution < -0.4 is 0 Å². The number of rotatable bonds is 6. The molecule has 0 fully saturated rings. The normalized spacial score (nSPS) is 11.4. The molecule has 1 N–H and O–H groups in total. The lowest BCUT2D eigenvalue weighted by molar-refractivity contribution is 0.282. The summed E-state index contributed by atoms with van der Waals surface area (Å²) in [5, 5.41) is 9.56. The van der Waals surface area contributed by atoms with E-state index in [0.717, 1.165) is 33.5 Å². The SMILES string of the molecule is OCc1cccc(-c2cn(C(c3ccccc3)(c3ccccc3)c3ccccc3)cn2)c1. The zero-order valence-corrected chi connectivity index (χ0v) is 17.7. The van der Waals surface area contributed by atoms with Crippen molar-refractivity contribution in [2.24, 2.45) is 0 Å². The average molecular weight is 417 g/mol. The Balaban J connectivity index is 1.79. The molecule has 1 aromatic heterocycles. The molecule has 0 radical (unpaired) electrons. The highest BCUT2D eigenvalue weighted by atomic mass is 16.3. The number of hydrogen-bond donors (Lipinski definition) is 1. The van der Waals surface area contributed by atoms with Gasteiger partial charge in [-0.1, -0.05) is 109 Å². The Bertz CT molecular complexity index is 1200. The second-order valence-electron chi connectivity index (χ2n) is 7.83. The maximum Gasteiger partial charge on any atom is 0.121 e. The van der Waals surface area contributed by atoms with Gasteiger partial charge in [0.25, 0.3) is 0 Å². The quantitative estimate of drug-likeness (QED) is 0.351. The van der Waals surface area contributed by atoms with Gasteiger partial charge < -0.3 is 9.67 Å². The first-order valence-corrected chi connectivity index (χ1v) is 10.7. The number of imidazole rings is 1. The van der Waals surface area contributed by atoms with Crippen LogP contribution in [0.1, 0.15) is 22.3 Å². The van der Waals surface area contributed by atoms with E-state index in [-0.39, 0.29) is 6.61 Å². The molecule has 0 atom stereocenters. The second-order valence-corrected chi connectivity index (χ2v) is 7.83. The van der Waals surface area contributed by atoms with Crippen LogP contribution in [0.2, 0.25) is 0 Å². The first-order chi connectivity index (χ1) is 15.8. The van der Waals surface area contributed by atoms with E-state index in [1.54, 1.807) is 0 Å². The van der Waals surface area contributed by atoms with Crippen LogP contribution in [-0.2, 0) is 12.1 Å². The van der Waals surface area contributed by atoms with E-state index in [0.29, 0.717) is 0 Å². The van der Waals surface area contributed by atoms with Crippen molar-refractivity contribution >= 4 is 0 Å². The molecule has 0 bridgehead atoms. The molecule has 0 aliphatic carbocycles. The van der Waals surface area contributed by atoms with Gasteiger partial charge in [-0.3, -0.25) is 0 Å². The van der Waals surface area contributed by atoms with Crippen LogP contribution in [-0.4, -0.2) is 14.7 Å². The van der Waals surface area contributed by atoms with E-state index in [1.807, 2.05) is 48.8 Å². The van der Waals surface area contributed by atoms with E-state index >= 15 is 0 Å². The Morgan fingerprint density at radius 2 is 1.19 bits per heavy atom. The van der Waals surface area contributed by atoms with E-state index in [2.05, 4.69) is 83.6 Å². The number of aliphatic hydroxyl groups is 1. The molecule has 0 amide bonds.